The summed E-state index contributed by atoms with van der Waals surface area (Å²) in [4.78, 5) is 3.08. The van der Waals surface area contributed by atoms with Crippen LogP contribution in [-0.4, -0.2) is 15.2 Å². The molecule has 0 aliphatic rings. The summed E-state index contributed by atoms with van der Waals surface area (Å²) in [5, 5.41) is 6.58. The van der Waals surface area contributed by atoms with Crippen molar-refractivity contribution in [3.05, 3.63) is 35.2 Å². The Morgan fingerprint density at radius 3 is 3.00 bits per heavy atom. The minimum Gasteiger partial charge on any atom is -0.361 e. The predicted molar refractivity (Wildman–Crippen MR) is 49.2 cm³/mol. The van der Waals surface area contributed by atoms with Gasteiger partial charge in [0.2, 0.25) is 0 Å². The first-order valence-electron chi connectivity index (χ1n) is 3.55. The molecule has 0 aliphatic carbocycles. The number of rotatable bonds is 1. The third-order valence-corrected chi connectivity index (χ3v) is 1.78. The van der Waals surface area contributed by atoms with E-state index in [1.807, 2.05) is 24.4 Å². The molecule has 2 rings (SSSR count). The van der Waals surface area contributed by atoms with Crippen molar-refractivity contribution in [1.82, 2.24) is 15.2 Å². The number of aromatic amines is 2. The SMILES string of the molecule is S=c1cc(-c2ccc[nH]2)cn[nH]1. The molecule has 0 fully saturated rings. The van der Waals surface area contributed by atoms with Crippen LogP contribution in [0.1, 0.15) is 0 Å². The molecular formula is C8H7N3S. The van der Waals surface area contributed by atoms with E-state index < -0.39 is 0 Å². The molecule has 0 aromatic carbocycles. The largest absolute Gasteiger partial charge is 0.361 e. The van der Waals surface area contributed by atoms with Gasteiger partial charge in [0.1, 0.15) is 4.64 Å². The first kappa shape index (κ1) is 7.24. The van der Waals surface area contributed by atoms with Gasteiger partial charge in [-0.25, -0.2) is 0 Å². The minimum atomic E-state index is 0.641. The molecule has 2 heterocycles. The molecule has 2 aromatic rings. The van der Waals surface area contributed by atoms with Crippen molar-refractivity contribution in [2.45, 2.75) is 0 Å². The fourth-order valence-electron chi connectivity index (χ4n) is 1.03. The number of hydrogen-bond donors (Lipinski definition) is 2. The summed E-state index contributed by atoms with van der Waals surface area (Å²) in [6.45, 7) is 0. The van der Waals surface area contributed by atoms with E-state index in [2.05, 4.69) is 15.2 Å². The molecule has 0 atom stereocenters. The Morgan fingerprint density at radius 1 is 1.42 bits per heavy atom. The summed E-state index contributed by atoms with van der Waals surface area (Å²) < 4.78 is 0.641. The molecule has 0 saturated heterocycles. The third-order valence-electron chi connectivity index (χ3n) is 1.57. The van der Waals surface area contributed by atoms with Crippen LogP contribution in [0.3, 0.4) is 0 Å². The molecule has 0 radical (unpaired) electrons. The molecule has 0 unspecified atom stereocenters. The fourth-order valence-corrected chi connectivity index (χ4v) is 1.21. The monoisotopic (exact) mass is 177 g/mol. The van der Waals surface area contributed by atoms with Gasteiger partial charge in [0.25, 0.3) is 0 Å². The molecule has 2 N–H and O–H groups in total. The van der Waals surface area contributed by atoms with E-state index >= 15 is 0 Å². The van der Waals surface area contributed by atoms with Crippen LogP contribution in [0.2, 0.25) is 0 Å². The maximum Gasteiger partial charge on any atom is 0.120 e. The molecule has 0 amide bonds. The second-order valence-electron chi connectivity index (χ2n) is 2.42. The van der Waals surface area contributed by atoms with Crippen molar-refractivity contribution in [2.75, 3.05) is 0 Å². The fraction of sp³-hybridized carbons (Fsp3) is 0. The van der Waals surface area contributed by atoms with Crippen LogP contribution >= 0.6 is 12.2 Å². The molecule has 0 saturated carbocycles. The quantitative estimate of drug-likeness (QED) is 0.655. The summed E-state index contributed by atoms with van der Waals surface area (Å²) in [5.41, 5.74) is 2.03. The lowest BCUT2D eigenvalue weighted by Crippen LogP contribution is -1.83. The number of aromatic nitrogens is 3. The molecule has 0 spiro atoms. The number of H-pyrrole nitrogens is 2. The van der Waals surface area contributed by atoms with Gasteiger partial charge < -0.3 is 4.98 Å². The molecule has 4 heteroatoms. The summed E-state index contributed by atoms with van der Waals surface area (Å²) in [5.74, 6) is 0. The van der Waals surface area contributed by atoms with Crippen molar-refractivity contribution >= 4 is 12.2 Å². The van der Waals surface area contributed by atoms with Crippen molar-refractivity contribution in [2.24, 2.45) is 0 Å². The summed E-state index contributed by atoms with van der Waals surface area (Å²) in [7, 11) is 0. The van der Waals surface area contributed by atoms with Gasteiger partial charge in [0, 0.05) is 17.5 Å². The summed E-state index contributed by atoms with van der Waals surface area (Å²) in [6.07, 6.45) is 3.61. The molecule has 0 aliphatic heterocycles. The van der Waals surface area contributed by atoms with E-state index in [4.69, 9.17) is 12.2 Å². The second kappa shape index (κ2) is 2.91. The number of hydrogen-bond acceptors (Lipinski definition) is 2. The predicted octanol–water partition coefficient (Wildman–Crippen LogP) is 2.13. The number of nitrogens with one attached hydrogen (secondary N) is 2. The zero-order valence-electron chi connectivity index (χ0n) is 6.24. The van der Waals surface area contributed by atoms with Gasteiger partial charge in [-0.1, -0.05) is 12.2 Å². The van der Waals surface area contributed by atoms with Gasteiger partial charge in [-0.15, -0.1) is 0 Å². The lowest BCUT2D eigenvalue weighted by Gasteiger charge is -1.94. The lowest BCUT2D eigenvalue weighted by atomic mass is 10.2. The molecule has 2 aromatic heterocycles. The third kappa shape index (κ3) is 1.29. The van der Waals surface area contributed by atoms with E-state index in [-0.39, 0.29) is 0 Å². The highest BCUT2D eigenvalue weighted by Gasteiger charge is 1.95. The summed E-state index contributed by atoms with van der Waals surface area (Å²) >= 11 is 4.94. The standard InChI is InChI=1S/C8H7N3S/c12-8-4-6(5-10-11-8)7-2-1-3-9-7/h1-5,9H,(H,11,12). The minimum absolute atomic E-state index is 0.641. The van der Waals surface area contributed by atoms with E-state index in [0.29, 0.717) is 4.64 Å². The van der Waals surface area contributed by atoms with Gasteiger partial charge in [-0.05, 0) is 18.2 Å². The van der Waals surface area contributed by atoms with Gasteiger partial charge in [0.05, 0.1) is 6.20 Å². The first-order valence-corrected chi connectivity index (χ1v) is 3.95. The highest BCUT2D eigenvalue weighted by atomic mass is 32.1. The van der Waals surface area contributed by atoms with Crippen molar-refractivity contribution in [1.29, 1.82) is 0 Å². The maximum absolute atomic E-state index is 4.94. The lowest BCUT2D eigenvalue weighted by molar-refractivity contribution is 1.02. The zero-order valence-corrected chi connectivity index (χ0v) is 7.06. The van der Waals surface area contributed by atoms with Crippen LogP contribution in [-0.2, 0) is 0 Å². The highest BCUT2D eigenvalue weighted by Crippen LogP contribution is 2.13. The normalized spacial score (nSPS) is 10.0. The van der Waals surface area contributed by atoms with E-state index in [1.54, 1.807) is 6.20 Å². The Labute approximate surface area is 74.5 Å². The topological polar surface area (TPSA) is 44.5 Å². The van der Waals surface area contributed by atoms with Crippen LogP contribution < -0.4 is 0 Å². The van der Waals surface area contributed by atoms with E-state index in [0.717, 1.165) is 11.3 Å². The maximum atomic E-state index is 4.94. The number of nitrogens with zero attached hydrogens (tertiary/aromatic N) is 1. The van der Waals surface area contributed by atoms with E-state index in [9.17, 15) is 0 Å². The average Bonchev–Trinajstić information content (AvgIpc) is 2.56. The molecule has 3 nitrogen and oxygen atoms in total. The average molecular weight is 177 g/mol. The van der Waals surface area contributed by atoms with Crippen LogP contribution in [0.4, 0.5) is 0 Å². The Hall–Kier alpha value is -1.42. The van der Waals surface area contributed by atoms with Crippen LogP contribution in [0, 0.1) is 4.64 Å². The van der Waals surface area contributed by atoms with Crippen LogP contribution in [0.15, 0.2) is 30.6 Å². The summed E-state index contributed by atoms with van der Waals surface area (Å²) in [6, 6.07) is 5.79. The van der Waals surface area contributed by atoms with Gasteiger partial charge in [-0.3, -0.25) is 5.10 Å². The van der Waals surface area contributed by atoms with Crippen LogP contribution in [0.25, 0.3) is 11.3 Å². The Morgan fingerprint density at radius 2 is 2.33 bits per heavy atom. The Kier molecular flexibility index (Phi) is 1.75. The van der Waals surface area contributed by atoms with E-state index in [1.165, 1.54) is 0 Å². The van der Waals surface area contributed by atoms with Gasteiger partial charge in [-0.2, -0.15) is 5.10 Å². The molecule has 12 heavy (non-hydrogen) atoms. The second-order valence-corrected chi connectivity index (χ2v) is 2.86. The Bertz CT molecular complexity index is 416. The van der Waals surface area contributed by atoms with Gasteiger partial charge >= 0.3 is 0 Å². The Balaban J connectivity index is 2.55. The van der Waals surface area contributed by atoms with Crippen molar-refractivity contribution < 1.29 is 0 Å². The first-order chi connectivity index (χ1) is 5.86. The molecule has 60 valence electrons. The van der Waals surface area contributed by atoms with Crippen LogP contribution in [0.5, 0.6) is 0 Å². The molecular weight excluding hydrogens is 170 g/mol. The van der Waals surface area contributed by atoms with Gasteiger partial charge in [0.15, 0.2) is 0 Å². The molecule has 0 bridgehead atoms. The van der Waals surface area contributed by atoms with Crippen molar-refractivity contribution in [3.8, 4) is 11.3 Å². The van der Waals surface area contributed by atoms with Crippen molar-refractivity contribution in [3.63, 3.8) is 0 Å². The highest BCUT2D eigenvalue weighted by molar-refractivity contribution is 7.71. The smallest absolute Gasteiger partial charge is 0.120 e. The zero-order chi connectivity index (χ0) is 8.39.